The number of nitrogens with one attached hydrogen (secondary N) is 1. The first-order valence-corrected chi connectivity index (χ1v) is 4.91. The van der Waals surface area contributed by atoms with Gasteiger partial charge in [-0.05, 0) is 24.3 Å². The molecule has 0 unspecified atom stereocenters. The lowest BCUT2D eigenvalue weighted by molar-refractivity contribution is -0.137. The SMILES string of the molecule is CNc1cnn(-c2ccc(C(F)(F)F)cc2)c1. The molecule has 0 saturated carbocycles. The van der Waals surface area contributed by atoms with Crippen molar-refractivity contribution in [1.29, 1.82) is 0 Å². The van der Waals surface area contributed by atoms with Gasteiger partial charge in [0.2, 0.25) is 0 Å². The van der Waals surface area contributed by atoms with Crippen molar-refractivity contribution in [3.8, 4) is 5.69 Å². The second kappa shape index (κ2) is 4.12. The van der Waals surface area contributed by atoms with Gasteiger partial charge >= 0.3 is 6.18 Å². The van der Waals surface area contributed by atoms with E-state index < -0.39 is 11.7 Å². The van der Waals surface area contributed by atoms with Crippen LogP contribution >= 0.6 is 0 Å². The first kappa shape index (κ1) is 11.5. The van der Waals surface area contributed by atoms with Gasteiger partial charge in [0, 0.05) is 7.05 Å². The molecule has 90 valence electrons. The molecular formula is C11H10F3N3. The third kappa shape index (κ3) is 2.41. The zero-order valence-electron chi connectivity index (χ0n) is 8.99. The van der Waals surface area contributed by atoms with E-state index in [-0.39, 0.29) is 0 Å². The second-order valence-electron chi connectivity index (χ2n) is 3.47. The molecular weight excluding hydrogens is 231 g/mol. The molecule has 1 N–H and O–H groups in total. The van der Waals surface area contributed by atoms with Crippen LogP contribution in [0.25, 0.3) is 5.69 Å². The van der Waals surface area contributed by atoms with E-state index in [9.17, 15) is 13.2 Å². The van der Waals surface area contributed by atoms with Crippen molar-refractivity contribution in [2.45, 2.75) is 6.18 Å². The Bertz CT molecular complexity index is 499. The van der Waals surface area contributed by atoms with Gasteiger partial charge in [0.25, 0.3) is 0 Å². The van der Waals surface area contributed by atoms with Crippen LogP contribution in [0.3, 0.4) is 0 Å². The lowest BCUT2D eigenvalue weighted by atomic mass is 10.2. The van der Waals surface area contributed by atoms with Crippen LogP contribution in [0.15, 0.2) is 36.7 Å². The zero-order valence-corrected chi connectivity index (χ0v) is 8.99. The summed E-state index contributed by atoms with van der Waals surface area (Å²) < 4.78 is 38.6. The van der Waals surface area contributed by atoms with E-state index in [1.54, 1.807) is 19.4 Å². The van der Waals surface area contributed by atoms with Crippen molar-refractivity contribution in [1.82, 2.24) is 9.78 Å². The van der Waals surface area contributed by atoms with Gasteiger partial charge in [-0.15, -0.1) is 0 Å². The molecule has 0 spiro atoms. The highest BCUT2D eigenvalue weighted by molar-refractivity contribution is 5.42. The maximum absolute atomic E-state index is 12.3. The van der Waals surface area contributed by atoms with Crippen LogP contribution in [-0.2, 0) is 6.18 Å². The quantitative estimate of drug-likeness (QED) is 0.876. The molecule has 0 aliphatic rings. The summed E-state index contributed by atoms with van der Waals surface area (Å²) in [5, 5.41) is 6.91. The minimum Gasteiger partial charge on any atom is -0.386 e. The van der Waals surface area contributed by atoms with Gasteiger partial charge in [-0.3, -0.25) is 0 Å². The number of alkyl halides is 3. The Morgan fingerprint density at radius 3 is 2.29 bits per heavy atom. The molecule has 1 heterocycles. The summed E-state index contributed by atoms with van der Waals surface area (Å²) in [5.74, 6) is 0. The smallest absolute Gasteiger partial charge is 0.386 e. The molecule has 6 heteroatoms. The molecule has 0 atom stereocenters. The summed E-state index contributed by atoms with van der Waals surface area (Å²) in [5.41, 5.74) is 0.714. The number of anilines is 1. The lowest BCUT2D eigenvalue weighted by Gasteiger charge is -2.07. The number of hydrogen-bond acceptors (Lipinski definition) is 2. The minimum atomic E-state index is -4.31. The highest BCUT2D eigenvalue weighted by Gasteiger charge is 2.29. The normalized spacial score (nSPS) is 11.5. The number of aromatic nitrogens is 2. The summed E-state index contributed by atoms with van der Waals surface area (Å²) >= 11 is 0. The third-order valence-electron chi connectivity index (χ3n) is 2.33. The molecule has 0 amide bonds. The third-order valence-corrected chi connectivity index (χ3v) is 2.33. The van der Waals surface area contributed by atoms with Crippen molar-refractivity contribution in [3.05, 3.63) is 42.2 Å². The molecule has 0 radical (unpaired) electrons. The molecule has 17 heavy (non-hydrogen) atoms. The highest BCUT2D eigenvalue weighted by atomic mass is 19.4. The zero-order chi connectivity index (χ0) is 12.5. The van der Waals surface area contributed by atoms with Crippen LogP contribution < -0.4 is 5.32 Å². The predicted octanol–water partition coefficient (Wildman–Crippen LogP) is 2.93. The average molecular weight is 241 g/mol. The Hall–Kier alpha value is -1.98. The lowest BCUT2D eigenvalue weighted by Crippen LogP contribution is -2.05. The molecule has 1 aromatic carbocycles. The van der Waals surface area contributed by atoms with E-state index in [4.69, 9.17) is 0 Å². The molecule has 0 aliphatic heterocycles. The molecule has 0 saturated heterocycles. The fourth-order valence-corrected chi connectivity index (χ4v) is 1.40. The maximum atomic E-state index is 12.3. The second-order valence-corrected chi connectivity index (χ2v) is 3.47. The van der Waals surface area contributed by atoms with E-state index in [0.29, 0.717) is 5.69 Å². The Balaban J connectivity index is 2.29. The van der Waals surface area contributed by atoms with Gasteiger partial charge in [-0.1, -0.05) is 0 Å². The number of benzene rings is 1. The van der Waals surface area contributed by atoms with Crippen LogP contribution in [0.5, 0.6) is 0 Å². The van der Waals surface area contributed by atoms with E-state index in [2.05, 4.69) is 10.4 Å². The van der Waals surface area contributed by atoms with Gasteiger partial charge in [0.05, 0.1) is 29.3 Å². The molecule has 2 rings (SSSR count). The van der Waals surface area contributed by atoms with E-state index in [1.165, 1.54) is 16.8 Å². The monoisotopic (exact) mass is 241 g/mol. The van der Waals surface area contributed by atoms with E-state index in [1.807, 2.05) is 0 Å². The Morgan fingerprint density at radius 2 is 1.82 bits per heavy atom. The Morgan fingerprint density at radius 1 is 1.18 bits per heavy atom. The van der Waals surface area contributed by atoms with Gasteiger partial charge in [-0.2, -0.15) is 18.3 Å². The highest BCUT2D eigenvalue weighted by Crippen LogP contribution is 2.29. The summed E-state index contributed by atoms with van der Waals surface area (Å²) in [4.78, 5) is 0. The first-order chi connectivity index (χ1) is 8.00. The number of rotatable bonds is 2. The molecule has 0 fully saturated rings. The van der Waals surface area contributed by atoms with Crippen molar-refractivity contribution in [2.24, 2.45) is 0 Å². The Labute approximate surface area is 95.9 Å². The van der Waals surface area contributed by atoms with Crippen LogP contribution in [0.4, 0.5) is 18.9 Å². The molecule has 2 aromatic rings. The summed E-state index contributed by atoms with van der Waals surface area (Å²) in [6.07, 6.45) is -1.01. The van der Waals surface area contributed by atoms with Crippen LogP contribution in [-0.4, -0.2) is 16.8 Å². The number of halogens is 3. The van der Waals surface area contributed by atoms with Crippen LogP contribution in [0, 0.1) is 0 Å². The first-order valence-electron chi connectivity index (χ1n) is 4.91. The molecule has 0 bridgehead atoms. The van der Waals surface area contributed by atoms with Gasteiger partial charge < -0.3 is 5.32 Å². The number of nitrogens with zero attached hydrogens (tertiary/aromatic N) is 2. The minimum absolute atomic E-state index is 0.583. The van der Waals surface area contributed by atoms with Crippen molar-refractivity contribution < 1.29 is 13.2 Å². The van der Waals surface area contributed by atoms with Crippen LogP contribution in [0.1, 0.15) is 5.56 Å². The van der Waals surface area contributed by atoms with Gasteiger partial charge in [0.15, 0.2) is 0 Å². The standard InChI is InChI=1S/C11H10F3N3/c1-15-9-6-16-17(7-9)10-4-2-8(3-5-10)11(12,13)14/h2-7,15H,1H3. The van der Waals surface area contributed by atoms with Gasteiger partial charge in [0.1, 0.15) is 0 Å². The average Bonchev–Trinajstić information content (AvgIpc) is 2.76. The predicted molar refractivity (Wildman–Crippen MR) is 58.1 cm³/mol. The fraction of sp³-hybridized carbons (Fsp3) is 0.182. The molecule has 0 aliphatic carbocycles. The topological polar surface area (TPSA) is 29.9 Å². The van der Waals surface area contributed by atoms with Crippen molar-refractivity contribution >= 4 is 5.69 Å². The van der Waals surface area contributed by atoms with E-state index in [0.717, 1.165) is 17.8 Å². The van der Waals surface area contributed by atoms with Crippen molar-refractivity contribution in [3.63, 3.8) is 0 Å². The maximum Gasteiger partial charge on any atom is 0.416 e. The molecule has 1 aromatic heterocycles. The van der Waals surface area contributed by atoms with Crippen LogP contribution in [0.2, 0.25) is 0 Å². The number of hydrogen-bond donors (Lipinski definition) is 1. The largest absolute Gasteiger partial charge is 0.416 e. The van der Waals surface area contributed by atoms with Gasteiger partial charge in [-0.25, -0.2) is 4.68 Å². The fourth-order valence-electron chi connectivity index (χ4n) is 1.40. The summed E-state index contributed by atoms with van der Waals surface area (Å²) in [6, 6.07) is 4.84. The summed E-state index contributed by atoms with van der Waals surface area (Å²) in [6.45, 7) is 0. The van der Waals surface area contributed by atoms with Crippen molar-refractivity contribution in [2.75, 3.05) is 12.4 Å². The Kier molecular flexibility index (Phi) is 2.79. The summed E-state index contributed by atoms with van der Waals surface area (Å²) in [7, 11) is 1.74. The molecule has 3 nitrogen and oxygen atoms in total. The van der Waals surface area contributed by atoms with E-state index >= 15 is 0 Å².